The van der Waals surface area contributed by atoms with Crippen LogP contribution in [0.3, 0.4) is 0 Å². The molecule has 0 amide bonds. The number of aromatic nitrogens is 8. The maximum absolute atomic E-state index is 14.9. The molecule has 17 nitrogen and oxygen atoms in total. The largest absolute Gasteiger partial charge is 0.483 e. The fraction of sp³-hybridized carbons (Fsp3) is 0.314. The average Bonchev–Trinajstić information content (AvgIpc) is 3.98. The number of pyridine rings is 4. The summed E-state index contributed by atoms with van der Waals surface area (Å²) in [4.78, 5) is 21.0. The van der Waals surface area contributed by atoms with Gasteiger partial charge in [0, 0.05) is 132 Å². The SMILES string of the molecule is C[C@@H]1[C@@H](CS(C)(=O)=O)CN1c1ccc(-c2n[nH]c3cc(F)c(O[C@H](C)c4c(Cl)cncc4Cl)cc23)cn1.C[C@@H]1[C@@H](CS(C)(=O)=O)CN1c1ncc(-c2n[nH]c3cc(F)c(O[C@H](C)c4c(Cl)cncc4Cl)cc23)cc1C#N. The minimum Gasteiger partial charge on any atom is -0.483 e. The van der Waals surface area contributed by atoms with Crippen LogP contribution in [0.15, 0.2) is 79.6 Å². The smallest absolute Gasteiger partial charge is 0.167 e. The highest BCUT2D eigenvalue weighted by Crippen LogP contribution is 2.40. The molecular weight excluding hydrogens is 1110 g/mol. The second-order valence-electron chi connectivity index (χ2n) is 19.0. The van der Waals surface area contributed by atoms with Crippen LogP contribution in [0.5, 0.6) is 11.5 Å². The lowest BCUT2D eigenvalue weighted by Crippen LogP contribution is -2.57. The Morgan fingerprint density at radius 3 is 1.54 bits per heavy atom. The topological polar surface area (TPSA) is 226 Å². The Labute approximate surface area is 456 Å². The molecule has 10 rings (SSSR count). The van der Waals surface area contributed by atoms with Crippen molar-refractivity contribution in [2.24, 2.45) is 11.8 Å². The number of fused-ring (bicyclic) bond motifs is 2. The molecule has 2 fully saturated rings. The van der Waals surface area contributed by atoms with E-state index in [0.29, 0.717) is 94.4 Å². The molecular formula is C51H47Cl4F2N11O6S2. The predicted molar refractivity (Wildman–Crippen MR) is 290 cm³/mol. The molecule has 0 radical (unpaired) electrons. The van der Waals surface area contributed by atoms with E-state index in [2.05, 4.69) is 51.3 Å². The molecule has 396 valence electrons. The van der Waals surface area contributed by atoms with Gasteiger partial charge in [-0.05, 0) is 58.0 Å². The molecule has 6 aromatic heterocycles. The molecule has 25 heteroatoms. The number of anilines is 2. The third-order valence-electron chi connectivity index (χ3n) is 13.5. The van der Waals surface area contributed by atoms with E-state index >= 15 is 0 Å². The molecule has 0 aliphatic carbocycles. The minimum absolute atomic E-state index is 0.0296. The van der Waals surface area contributed by atoms with Gasteiger partial charge in [-0.15, -0.1) is 0 Å². The summed E-state index contributed by atoms with van der Waals surface area (Å²) < 4.78 is 88.2. The number of benzene rings is 2. The maximum atomic E-state index is 14.9. The Balaban J connectivity index is 0.000000186. The summed E-state index contributed by atoms with van der Waals surface area (Å²) in [5, 5.41) is 26.7. The van der Waals surface area contributed by atoms with E-state index in [1.54, 1.807) is 38.4 Å². The zero-order valence-electron chi connectivity index (χ0n) is 41.4. The standard InChI is InChI=1S/C26H23Cl2FN6O3S.C25H24Cl2FN5O3S/c1-13-17(12-39(3,36)37)11-35(13)26-15(7-30)4-16(8-32-26)25-18-5-23(21(29)6-22(18)33-34-25)38-14(2)24-19(27)9-31-10-20(24)28;1-13-16(12-37(3,34)35)11-33(13)23-5-4-15(8-30-23)25-17-6-22(20(28)7-21(17)31-32-25)36-14(2)24-18(26)9-29-10-19(24)27/h4-6,8-10,13-14,17H,11-12H2,1-3H3,(H,33,34);4-10,13-14,16H,11-12H2,1-3H3,(H,31,32)/t13-,14-,17-;13-,14-,16-/m11/s1. The molecule has 2 aliphatic rings. The number of ether oxygens (including phenoxy) is 2. The summed E-state index contributed by atoms with van der Waals surface area (Å²) in [6.45, 7) is 8.47. The van der Waals surface area contributed by atoms with Gasteiger partial charge in [0.15, 0.2) is 23.1 Å². The molecule has 8 aromatic rings. The summed E-state index contributed by atoms with van der Waals surface area (Å²) in [7, 11) is -6.13. The van der Waals surface area contributed by atoms with Crippen molar-refractivity contribution in [3.8, 4) is 40.1 Å². The lowest BCUT2D eigenvalue weighted by Gasteiger charge is -2.47. The number of hydrogen-bond donors (Lipinski definition) is 2. The quantitative estimate of drug-likeness (QED) is 0.103. The maximum Gasteiger partial charge on any atom is 0.167 e. The molecule has 2 aromatic carbocycles. The van der Waals surface area contributed by atoms with Gasteiger partial charge in [-0.25, -0.2) is 35.6 Å². The molecule has 6 atom stereocenters. The molecule has 2 aliphatic heterocycles. The van der Waals surface area contributed by atoms with Crippen LogP contribution in [0.1, 0.15) is 56.6 Å². The molecule has 0 unspecified atom stereocenters. The van der Waals surface area contributed by atoms with Crippen LogP contribution in [0.4, 0.5) is 20.4 Å². The van der Waals surface area contributed by atoms with Crippen molar-refractivity contribution in [3.63, 3.8) is 0 Å². The van der Waals surface area contributed by atoms with E-state index in [1.807, 2.05) is 30.9 Å². The van der Waals surface area contributed by atoms with Crippen LogP contribution >= 0.6 is 46.4 Å². The first kappa shape index (κ1) is 54.4. The highest BCUT2D eigenvalue weighted by molar-refractivity contribution is 7.90. The number of nitriles is 1. The van der Waals surface area contributed by atoms with Crippen molar-refractivity contribution in [2.45, 2.75) is 52.0 Å². The summed E-state index contributed by atoms with van der Waals surface area (Å²) >= 11 is 24.9. The predicted octanol–water partition coefficient (Wildman–Crippen LogP) is 10.8. The normalized spacial score (nSPS) is 18.3. The van der Waals surface area contributed by atoms with Crippen LogP contribution in [0.25, 0.3) is 44.3 Å². The van der Waals surface area contributed by atoms with E-state index in [9.17, 15) is 30.9 Å². The van der Waals surface area contributed by atoms with Crippen LogP contribution in [-0.4, -0.2) is 106 Å². The Morgan fingerprint density at radius 1 is 0.671 bits per heavy atom. The van der Waals surface area contributed by atoms with Gasteiger partial charge in [-0.1, -0.05) is 46.4 Å². The first-order valence-electron chi connectivity index (χ1n) is 23.5. The number of nitrogens with one attached hydrogen (secondary N) is 2. The molecule has 0 saturated carbocycles. The van der Waals surface area contributed by atoms with Gasteiger partial charge in [-0.2, -0.15) is 15.5 Å². The van der Waals surface area contributed by atoms with Crippen molar-refractivity contribution in [1.82, 2.24) is 40.3 Å². The first-order valence-corrected chi connectivity index (χ1v) is 29.1. The fourth-order valence-corrected chi connectivity index (χ4v) is 13.2. The van der Waals surface area contributed by atoms with Crippen molar-refractivity contribution < 1.29 is 35.1 Å². The van der Waals surface area contributed by atoms with Gasteiger partial charge in [0.25, 0.3) is 0 Å². The third-order valence-corrected chi connectivity index (χ3v) is 16.8. The second-order valence-corrected chi connectivity index (χ2v) is 25.0. The molecule has 0 bridgehead atoms. The van der Waals surface area contributed by atoms with Gasteiger partial charge >= 0.3 is 0 Å². The number of rotatable bonds is 14. The minimum atomic E-state index is -3.11. The zero-order chi connectivity index (χ0) is 54.5. The van der Waals surface area contributed by atoms with Gasteiger partial charge in [-0.3, -0.25) is 20.2 Å². The Bertz CT molecular complexity index is 3770. The first-order chi connectivity index (χ1) is 36.0. The van der Waals surface area contributed by atoms with E-state index in [-0.39, 0.29) is 46.9 Å². The van der Waals surface area contributed by atoms with E-state index in [0.717, 1.165) is 11.4 Å². The van der Waals surface area contributed by atoms with Gasteiger partial charge < -0.3 is 19.3 Å². The highest BCUT2D eigenvalue weighted by Gasteiger charge is 2.40. The number of nitrogens with zero attached hydrogens (tertiary/aromatic N) is 9. The summed E-state index contributed by atoms with van der Waals surface area (Å²) in [5.41, 5.74) is 4.61. The summed E-state index contributed by atoms with van der Waals surface area (Å²) in [6, 6.07) is 13.3. The zero-order valence-corrected chi connectivity index (χ0v) is 46.0. The number of hydrogen-bond acceptors (Lipinski definition) is 15. The van der Waals surface area contributed by atoms with E-state index < -0.39 is 43.5 Å². The van der Waals surface area contributed by atoms with Gasteiger partial charge in [0.1, 0.15) is 61.0 Å². The average molecular weight is 1150 g/mol. The van der Waals surface area contributed by atoms with Gasteiger partial charge in [0.2, 0.25) is 0 Å². The molecule has 2 N–H and O–H groups in total. The van der Waals surface area contributed by atoms with E-state index in [1.165, 1.54) is 55.5 Å². The fourth-order valence-electron chi connectivity index (χ4n) is 9.49. The third kappa shape index (κ3) is 11.3. The number of aromatic amines is 2. The highest BCUT2D eigenvalue weighted by atomic mass is 35.5. The van der Waals surface area contributed by atoms with Gasteiger partial charge in [0.05, 0.1) is 48.2 Å². The van der Waals surface area contributed by atoms with Crippen LogP contribution in [0, 0.1) is 34.8 Å². The van der Waals surface area contributed by atoms with Crippen LogP contribution in [-0.2, 0) is 19.7 Å². The van der Waals surface area contributed by atoms with Crippen molar-refractivity contribution in [1.29, 1.82) is 5.26 Å². The van der Waals surface area contributed by atoms with Crippen LogP contribution in [0.2, 0.25) is 20.1 Å². The number of H-pyrrole nitrogens is 2. The molecule has 0 spiro atoms. The monoisotopic (exact) mass is 1150 g/mol. The molecule has 76 heavy (non-hydrogen) atoms. The Kier molecular flexibility index (Phi) is 15.4. The summed E-state index contributed by atoms with van der Waals surface area (Å²) in [5.74, 6) is 0.386. The Hall–Kier alpha value is -6.41. The lowest BCUT2D eigenvalue weighted by atomic mass is 9.91. The molecule has 2 saturated heterocycles. The summed E-state index contributed by atoms with van der Waals surface area (Å²) in [6.07, 6.45) is 10.3. The van der Waals surface area contributed by atoms with Crippen molar-refractivity contribution in [3.05, 3.63) is 128 Å². The van der Waals surface area contributed by atoms with E-state index in [4.69, 9.17) is 55.9 Å². The second kappa shape index (κ2) is 21.5. The molecule has 8 heterocycles. The number of halogens is 6. The van der Waals surface area contributed by atoms with Crippen LogP contribution < -0.4 is 19.3 Å². The van der Waals surface area contributed by atoms with Crippen molar-refractivity contribution >= 4 is 99.5 Å². The number of sulfone groups is 2. The van der Waals surface area contributed by atoms with Crippen molar-refractivity contribution in [2.75, 3.05) is 46.9 Å². The lowest BCUT2D eigenvalue weighted by molar-refractivity contribution is 0.217. The Morgan fingerprint density at radius 2 is 1.12 bits per heavy atom.